The van der Waals surface area contributed by atoms with Crippen LogP contribution in [0.15, 0.2) is 42.5 Å². The van der Waals surface area contributed by atoms with Crippen molar-refractivity contribution in [3.63, 3.8) is 0 Å². The van der Waals surface area contributed by atoms with E-state index in [2.05, 4.69) is 61.6 Å². The van der Waals surface area contributed by atoms with E-state index in [0.717, 1.165) is 13.0 Å². The van der Waals surface area contributed by atoms with Gasteiger partial charge in [-0.25, -0.2) is 0 Å². The van der Waals surface area contributed by atoms with Crippen LogP contribution in [0.2, 0.25) is 0 Å². The van der Waals surface area contributed by atoms with E-state index in [1.54, 1.807) is 0 Å². The van der Waals surface area contributed by atoms with Crippen molar-refractivity contribution in [2.24, 2.45) is 5.73 Å². The predicted octanol–water partition coefficient (Wildman–Crippen LogP) is 3.63. The summed E-state index contributed by atoms with van der Waals surface area (Å²) < 4.78 is 0. The highest BCUT2D eigenvalue weighted by Gasteiger charge is 2.03. The van der Waals surface area contributed by atoms with Crippen molar-refractivity contribution in [2.45, 2.75) is 33.4 Å². The van der Waals surface area contributed by atoms with Crippen LogP contribution in [0.25, 0.3) is 0 Å². The van der Waals surface area contributed by atoms with Gasteiger partial charge in [-0.1, -0.05) is 49.4 Å². The lowest BCUT2D eigenvalue weighted by Gasteiger charge is -2.14. The maximum Gasteiger partial charge on any atom is 0.0404 e. The van der Waals surface area contributed by atoms with Crippen molar-refractivity contribution >= 4 is 5.69 Å². The average Bonchev–Trinajstić information content (AvgIpc) is 2.46. The highest BCUT2D eigenvalue weighted by Crippen LogP contribution is 2.21. The molecule has 0 unspecified atom stereocenters. The molecule has 0 bridgehead atoms. The molecule has 0 spiro atoms. The van der Waals surface area contributed by atoms with Gasteiger partial charge in [0.25, 0.3) is 0 Å². The van der Waals surface area contributed by atoms with E-state index in [1.165, 1.54) is 27.9 Å². The van der Waals surface area contributed by atoms with Crippen LogP contribution < -0.4 is 11.1 Å². The lowest BCUT2D eigenvalue weighted by Crippen LogP contribution is -2.05. The third-order valence-electron chi connectivity index (χ3n) is 3.44. The number of benzene rings is 2. The number of hydrogen-bond acceptors (Lipinski definition) is 2. The Morgan fingerprint density at radius 1 is 1.05 bits per heavy atom. The first kappa shape index (κ1) is 13.6. The number of aryl methyl sites for hydroxylation is 2. The summed E-state index contributed by atoms with van der Waals surface area (Å²) >= 11 is 0. The van der Waals surface area contributed by atoms with Crippen LogP contribution in [0.1, 0.15) is 29.2 Å². The van der Waals surface area contributed by atoms with Crippen molar-refractivity contribution in [2.75, 3.05) is 5.32 Å². The van der Waals surface area contributed by atoms with E-state index in [1.807, 2.05) is 0 Å². The maximum atomic E-state index is 5.68. The number of rotatable bonds is 5. The molecule has 0 radical (unpaired) electrons. The molecule has 0 aromatic heterocycles. The van der Waals surface area contributed by atoms with Gasteiger partial charge in [-0.3, -0.25) is 0 Å². The smallest absolute Gasteiger partial charge is 0.0404 e. The molecule has 0 atom stereocenters. The van der Waals surface area contributed by atoms with Crippen LogP contribution in [0.4, 0.5) is 5.69 Å². The molecule has 0 saturated heterocycles. The molecular weight excluding hydrogens is 232 g/mol. The quantitative estimate of drug-likeness (QED) is 0.855. The molecule has 0 aliphatic rings. The van der Waals surface area contributed by atoms with Crippen LogP contribution >= 0.6 is 0 Å². The Balaban J connectivity index is 2.14. The number of hydrogen-bond donors (Lipinski definition) is 2. The number of anilines is 1. The first-order valence-corrected chi connectivity index (χ1v) is 6.84. The summed E-state index contributed by atoms with van der Waals surface area (Å²) in [7, 11) is 0. The summed E-state index contributed by atoms with van der Waals surface area (Å²) in [5.74, 6) is 0. The van der Waals surface area contributed by atoms with Crippen molar-refractivity contribution in [3.8, 4) is 0 Å². The third-order valence-corrected chi connectivity index (χ3v) is 3.44. The van der Waals surface area contributed by atoms with Crippen molar-refractivity contribution in [1.29, 1.82) is 0 Å². The molecule has 2 heteroatoms. The molecule has 2 aromatic carbocycles. The number of nitrogens with two attached hydrogens (primary N) is 1. The van der Waals surface area contributed by atoms with Crippen molar-refractivity contribution in [3.05, 3.63) is 64.7 Å². The topological polar surface area (TPSA) is 38.0 Å². The molecule has 0 aliphatic heterocycles. The maximum absolute atomic E-state index is 5.68. The summed E-state index contributed by atoms with van der Waals surface area (Å²) in [6.07, 6.45) is 1.05. The van der Waals surface area contributed by atoms with Gasteiger partial charge in [0.1, 0.15) is 0 Å². The van der Waals surface area contributed by atoms with E-state index in [4.69, 9.17) is 5.73 Å². The van der Waals surface area contributed by atoms with Crippen LogP contribution in [0.5, 0.6) is 0 Å². The number of para-hydroxylation sites is 1. The molecule has 0 amide bonds. The van der Waals surface area contributed by atoms with Gasteiger partial charge in [-0.15, -0.1) is 0 Å². The average molecular weight is 254 g/mol. The van der Waals surface area contributed by atoms with Gasteiger partial charge in [0, 0.05) is 18.8 Å². The second-order valence-corrected chi connectivity index (χ2v) is 4.84. The molecule has 3 N–H and O–H groups in total. The van der Waals surface area contributed by atoms with Gasteiger partial charge in [0.2, 0.25) is 0 Å². The molecule has 2 nitrogen and oxygen atoms in total. The minimum absolute atomic E-state index is 0.596. The van der Waals surface area contributed by atoms with E-state index >= 15 is 0 Å². The summed E-state index contributed by atoms with van der Waals surface area (Å²) in [5, 5.41) is 3.56. The van der Waals surface area contributed by atoms with Gasteiger partial charge in [-0.2, -0.15) is 0 Å². The zero-order valence-electron chi connectivity index (χ0n) is 11.7. The van der Waals surface area contributed by atoms with E-state index in [0.29, 0.717) is 6.54 Å². The van der Waals surface area contributed by atoms with Crippen LogP contribution in [0.3, 0.4) is 0 Å². The molecule has 0 heterocycles. The summed E-state index contributed by atoms with van der Waals surface area (Å²) in [4.78, 5) is 0. The fourth-order valence-corrected chi connectivity index (χ4v) is 2.33. The van der Waals surface area contributed by atoms with E-state index in [-0.39, 0.29) is 0 Å². The number of nitrogens with one attached hydrogen (secondary N) is 1. The zero-order valence-corrected chi connectivity index (χ0v) is 11.7. The Bertz CT molecular complexity index is 547. The standard InChI is InChI=1S/C17H22N2/c1-3-16-9-4-6-13(2)17(16)19-12-15-8-5-7-14(10-15)11-18/h4-10,19H,3,11-12,18H2,1-2H3. The second kappa shape index (κ2) is 6.39. The fraction of sp³-hybridized carbons (Fsp3) is 0.294. The van der Waals surface area contributed by atoms with Crippen LogP contribution in [-0.2, 0) is 19.5 Å². The van der Waals surface area contributed by atoms with Crippen molar-refractivity contribution < 1.29 is 0 Å². The van der Waals surface area contributed by atoms with E-state index < -0.39 is 0 Å². The van der Waals surface area contributed by atoms with Gasteiger partial charge in [0.15, 0.2) is 0 Å². The first-order valence-electron chi connectivity index (χ1n) is 6.84. The Kier molecular flexibility index (Phi) is 4.58. The van der Waals surface area contributed by atoms with E-state index in [9.17, 15) is 0 Å². The molecular formula is C17H22N2. The fourth-order valence-electron chi connectivity index (χ4n) is 2.33. The lowest BCUT2D eigenvalue weighted by atomic mass is 10.1. The summed E-state index contributed by atoms with van der Waals surface area (Å²) in [6.45, 7) is 5.77. The van der Waals surface area contributed by atoms with Gasteiger partial charge < -0.3 is 11.1 Å². The highest BCUT2D eigenvalue weighted by atomic mass is 14.9. The van der Waals surface area contributed by atoms with Gasteiger partial charge in [0.05, 0.1) is 0 Å². The molecule has 100 valence electrons. The zero-order chi connectivity index (χ0) is 13.7. The molecule has 19 heavy (non-hydrogen) atoms. The predicted molar refractivity (Wildman–Crippen MR) is 82.2 cm³/mol. The van der Waals surface area contributed by atoms with Gasteiger partial charge in [-0.05, 0) is 35.6 Å². The monoisotopic (exact) mass is 254 g/mol. The van der Waals surface area contributed by atoms with Crippen molar-refractivity contribution in [1.82, 2.24) is 0 Å². The highest BCUT2D eigenvalue weighted by molar-refractivity contribution is 5.57. The Hall–Kier alpha value is -1.80. The minimum Gasteiger partial charge on any atom is -0.381 e. The second-order valence-electron chi connectivity index (χ2n) is 4.84. The van der Waals surface area contributed by atoms with Gasteiger partial charge >= 0.3 is 0 Å². The largest absolute Gasteiger partial charge is 0.381 e. The van der Waals surface area contributed by atoms with Crippen LogP contribution in [0, 0.1) is 6.92 Å². The minimum atomic E-state index is 0.596. The normalized spacial score (nSPS) is 10.5. The third kappa shape index (κ3) is 3.36. The first-order chi connectivity index (χ1) is 9.24. The SMILES string of the molecule is CCc1cccc(C)c1NCc1cccc(CN)c1. The molecule has 0 saturated carbocycles. The molecule has 2 aromatic rings. The Labute approximate surface area is 115 Å². The molecule has 0 aliphatic carbocycles. The lowest BCUT2D eigenvalue weighted by molar-refractivity contribution is 1.04. The molecule has 0 fully saturated rings. The summed E-state index contributed by atoms with van der Waals surface area (Å²) in [5.41, 5.74) is 12.1. The Morgan fingerprint density at radius 3 is 2.53 bits per heavy atom. The van der Waals surface area contributed by atoms with Crippen LogP contribution in [-0.4, -0.2) is 0 Å². The Morgan fingerprint density at radius 2 is 1.79 bits per heavy atom. The summed E-state index contributed by atoms with van der Waals surface area (Å²) in [6, 6.07) is 14.9. The molecule has 2 rings (SSSR count).